The summed E-state index contributed by atoms with van der Waals surface area (Å²) in [4.78, 5) is 17.1. The van der Waals surface area contributed by atoms with Crippen LogP contribution in [0.1, 0.15) is 45.7 Å². The van der Waals surface area contributed by atoms with E-state index in [1.807, 2.05) is 42.3 Å². The number of carbonyl (C=O) groups excluding carboxylic acids is 1. The van der Waals surface area contributed by atoms with Gasteiger partial charge in [0, 0.05) is 19.6 Å². The Morgan fingerprint density at radius 2 is 1.70 bits per heavy atom. The molecule has 1 amide bonds. The molecular weight excluding hydrogens is 286 g/mol. The maximum absolute atomic E-state index is 13.0. The first-order chi connectivity index (χ1) is 10.9. The highest BCUT2D eigenvalue weighted by molar-refractivity contribution is 5.83. The fraction of sp³-hybridized carbons (Fsp3) is 0.632. The van der Waals surface area contributed by atoms with Crippen molar-refractivity contribution >= 4 is 5.91 Å². The number of hydrogen-bond donors (Lipinski definition) is 1. The van der Waals surface area contributed by atoms with Crippen molar-refractivity contribution in [2.45, 2.75) is 46.2 Å². The molecule has 0 spiro atoms. The number of hydrogen-bond acceptors (Lipinski definition) is 3. The van der Waals surface area contributed by atoms with Gasteiger partial charge in [-0.2, -0.15) is 0 Å². The molecule has 23 heavy (non-hydrogen) atoms. The van der Waals surface area contributed by atoms with Crippen molar-refractivity contribution in [3.05, 3.63) is 35.9 Å². The molecule has 0 aliphatic rings. The lowest BCUT2D eigenvalue weighted by molar-refractivity contribution is -0.136. The molecule has 4 nitrogen and oxygen atoms in total. The zero-order valence-electron chi connectivity index (χ0n) is 15.3. The molecule has 130 valence electrons. The summed E-state index contributed by atoms with van der Waals surface area (Å²) in [6, 6.07) is 9.96. The van der Waals surface area contributed by atoms with Gasteiger partial charge < -0.3 is 10.6 Å². The summed E-state index contributed by atoms with van der Waals surface area (Å²) in [5.74, 6) is 0.585. The number of amides is 1. The van der Waals surface area contributed by atoms with Crippen molar-refractivity contribution in [1.82, 2.24) is 9.80 Å². The van der Waals surface area contributed by atoms with Crippen LogP contribution < -0.4 is 5.73 Å². The lowest BCUT2D eigenvalue weighted by Gasteiger charge is -2.33. The van der Waals surface area contributed by atoms with E-state index in [1.165, 1.54) is 0 Å². The van der Waals surface area contributed by atoms with Crippen LogP contribution in [0, 0.1) is 5.92 Å². The number of carbonyl (C=O) groups is 1. The van der Waals surface area contributed by atoms with Crippen molar-refractivity contribution in [2.75, 3.05) is 26.7 Å². The molecule has 2 N–H and O–H groups in total. The first-order valence-corrected chi connectivity index (χ1v) is 8.71. The van der Waals surface area contributed by atoms with Crippen molar-refractivity contribution < 1.29 is 4.79 Å². The number of nitrogens with zero attached hydrogens (tertiary/aromatic N) is 2. The van der Waals surface area contributed by atoms with E-state index in [0.717, 1.165) is 25.1 Å². The largest absolute Gasteiger partial charge is 0.344 e. The Bertz CT molecular complexity index is 457. The van der Waals surface area contributed by atoms with Crippen molar-refractivity contribution in [2.24, 2.45) is 11.7 Å². The van der Waals surface area contributed by atoms with Gasteiger partial charge in [-0.15, -0.1) is 0 Å². The van der Waals surface area contributed by atoms with E-state index in [4.69, 9.17) is 5.73 Å². The molecule has 0 fully saturated rings. The van der Waals surface area contributed by atoms with E-state index in [1.54, 1.807) is 0 Å². The smallest absolute Gasteiger partial charge is 0.244 e. The van der Waals surface area contributed by atoms with E-state index in [0.29, 0.717) is 12.5 Å². The second-order valence-electron chi connectivity index (χ2n) is 6.49. The molecule has 0 aliphatic heterocycles. The standard InChI is InChI=1S/C19H33N3O/c1-6-22(7-2)18(16-11-9-8-10-12-16)19(23)21(5)14-13-17(20)15(3)4/h8-12,15,17-18H,6-7,13-14,20H2,1-5H3. The van der Waals surface area contributed by atoms with Crippen LogP contribution in [0.25, 0.3) is 0 Å². The molecule has 1 aromatic rings. The molecule has 4 heteroatoms. The fourth-order valence-corrected chi connectivity index (χ4v) is 2.73. The van der Waals surface area contributed by atoms with Crippen LogP contribution in [0.2, 0.25) is 0 Å². The van der Waals surface area contributed by atoms with Gasteiger partial charge in [-0.05, 0) is 31.0 Å². The zero-order chi connectivity index (χ0) is 17.4. The number of nitrogens with two attached hydrogens (primary N) is 1. The summed E-state index contributed by atoms with van der Waals surface area (Å²) in [6.45, 7) is 10.8. The predicted octanol–water partition coefficient (Wildman–Crippen LogP) is 2.90. The normalized spacial score (nSPS) is 14.1. The first kappa shape index (κ1) is 19.7. The predicted molar refractivity (Wildman–Crippen MR) is 97.2 cm³/mol. The van der Waals surface area contributed by atoms with Crippen LogP contribution in [0.5, 0.6) is 0 Å². The van der Waals surface area contributed by atoms with E-state index < -0.39 is 0 Å². The highest BCUT2D eigenvalue weighted by atomic mass is 16.2. The molecule has 0 bridgehead atoms. The van der Waals surface area contributed by atoms with Gasteiger partial charge in [0.1, 0.15) is 6.04 Å². The monoisotopic (exact) mass is 319 g/mol. The van der Waals surface area contributed by atoms with E-state index in [2.05, 4.69) is 32.6 Å². The van der Waals surface area contributed by atoms with Gasteiger partial charge >= 0.3 is 0 Å². The summed E-state index contributed by atoms with van der Waals surface area (Å²) in [5.41, 5.74) is 7.17. The van der Waals surface area contributed by atoms with Crippen molar-refractivity contribution in [1.29, 1.82) is 0 Å². The average molecular weight is 319 g/mol. The van der Waals surface area contributed by atoms with Crippen LogP contribution in [0.4, 0.5) is 0 Å². The summed E-state index contributed by atoms with van der Waals surface area (Å²) in [6.07, 6.45) is 0.833. The third-order valence-corrected chi connectivity index (χ3v) is 4.56. The molecule has 0 aromatic heterocycles. The quantitative estimate of drug-likeness (QED) is 0.761. The van der Waals surface area contributed by atoms with Crippen LogP contribution >= 0.6 is 0 Å². The highest BCUT2D eigenvalue weighted by Crippen LogP contribution is 2.23. The maximum Gasteiger partial charge on any atom is 0.244 e. The lowest BCUT2D eigenvalue weighted by Crippen LogP contribution is -2.43. The van der Waals surface area contributed by atoms with Crippen molar-refractivity contribution in [3.63, 3.8) is 0 Å². The molecule has 0 heterocycles. The first-order valence-electron chi connectivity index (χ1n) is 8.71. The molecule has 0 aliphatic carbocycles. The van der Waals surface area contributed by atoms with Crippen LogP contribution in [0.15, 0.2) is 30.3 Å². The summed E-state index contributed by atoms with van der Waals surface area (Å²) < 4.78 is 0. The maximum atomic E-state index is 13.0. The third kappa shape index (κ3) is 5.63. The van der Waals surface area contributed by atoms with Gasteiger partial charge in [0.05, 0.1) is 0 Å². The number of rotatable bonds is 9. The minimum atomic E-state index is -0.216. The Balaban J connectivity index is 2.87. The Morgan fingerprint density at radius 1 is 1.13 bits per heavy atom. The minimum absolute atomic E-state index is 0.133. The molecule has 0 radical (unpaired) electrons. The Hall–Kier alpha value is -1.39. The zero-order valence-corrected chi connectivity index (χ0v) is 15.3. The average Bonchev–Trinajstić information content (AvgIpc) is 2.57. The van der Waals surface area contributed by atoms with E-state index in [9.17, 15) is 4.79 Å². The molecule has 2 unspecified atom stereocenters. The fourth-order valence-electron chi connectivity index (χ4n) is 2.73. The van der Waals surface area contributed by atoms with E-state index >= 15 is 0 Å². The molecule has 1 aromatic carbocycles. The molecule has 0 saturated carbocycles. The summed E-state index contributed by atoms with van der Waals surface area (Å²) >= 11 is 0. The Labute approximate surface area is 141 Å². The Morgan fingerprint density at radius 3 is 2.17 bits per heavy atom. The molecule has 1 rings (SSSR count). The Kier molecular flexibility index (Phi) is 8.28. The van der Waals surface area contributed by atoms with Crippen LogP contribution in [-0.4, -0.2) is 48.4 Å². The van der Waals surface area contributed by atoms with Crippen molar-refractivity contribution in [3.8, 4) is 0 Å². The summed E-state index contributed by atoms with van der Waals surface area (Å²) in [7, 11) is 1.88. The summed E-state index contributed by atoms with van der Waals surface area (Å²) in [5, 5.41) is 0. The highest BCUT2D eigenvalue weighted by Gasteiger charge is 2.28. The SMILES string of the molecule is CCN(CC)C(C(=O)N(C)CCC(N)C(C)C)c1ccccc1. The van der Waals surface area contributed by atoms with Crippen LogP contribution in [-0.2, 0) is 4.79 Å². The molecule has 2 atom stereocenters. The van der Waals surface area contributed by atoms with Gasteiger partial charge in [0.15, 0.2) is 0 Å². The third-order valence-electron chi connectivity index (χ3n) is 4.56. The van der Waals surface area contributed by atoms with Gasteiger partial charge in [0.2, 0.25) is 5.91 Å². The topological polar surface area (TPSA) is 49.6 Å². The molecule has 0 saturated heterocycles. The van der Waals surface area contributed by atoms with E-state index in [-0.39, 0.29) is 18.0 Å². The van der Waals surface area contributed by atoms with Gasteiger partial charge in [0.25, 0.3) is 0 Å². The van der Waals surface area contributed by atoms with Gasteiger partial charge in [-0.3, -0.25) is 9.69 Å². The molecular formula is C19H33N3O. The lowest BCUT2D eigenvalue weighted by atomic mass is 10.0. The van der Waals surface area contributed by atoms with Crippen LogP contribution in [0.3, 0.4) is 0 Å². The minimum Gasteiger partial charge on any atom is -0.344 e. The van der Waals surface area contributed by atoms with Gasteiger partial charge in [-0.1, -0.05) is 58.0 Å². The number of likely N-dealkylation sites (N-methyl/N-ethyl adjacent to an activating group) is 2. The van der Waals surface area contributed by atoms with Gasteiger partial charge in [-0.25, -0.2) is 0 Å². The second kappa shape index (κ2) is 9.68. The number of benzene rings is 1. The second-order valence-corrected chi connectivity index (χ2v) is 6.49.